The van der Waals surface area contributed by atoms with Crippen LogP contribution in [-0.4, -0.2) is 106 Å². The number of sulfonamides is 1. The maximum atomic E-state index is 14.0. The lowest BCUT2D eigenvalue weighted by Gasteiger charge is -2.39. The Morgan fingerprint density at radius 1 is 0.864 bits per heavy atom. The quantitative estimate of drug-likeness (QED) is 0.395. The summed E-state index contributed by atoms with van der Waals surface area (Å²) in [6.07, 6.45) is 3.86. The topological polar surface area (TPSA) is 102 Å². The lowest BCUT2D eigenvalue weighted by molar-refractivity contribution is -0.143. The van der Waals surface area contributed by atoms with Gasteiger partial charge in [0.1, 0.15) is 0 Å². The van der Waals surface area contributed by atoms with Crippen molar-refractivity contribution in [2.45, 2.75) is 32.6 Å². The van der Waals surface area contributed by atoms with Gasteiger partial charge in [-0.2, -0.15) is 0 Å². The van der Waals surface area contributed by atoms with Gasteiger partial charge in [-0.1, -0.05) is 35.9 Å². The molecule has 0 radical (unpaired) electrons. The van der Waals surface area contributed by atoms with Gasteiger partial charge in [0.15, 0.2) is 0 Å². The zero-order chi connectivity index (χ0) is 31.4. The zero-order valence-corrected chi connectivity index (χ0v) is 27.1. The minimum absolute atomic E-state index is 0.00148. The van der Waals surface area contributed by atoms with Gasteiger partial charge in [0.2, 0.25) is 27.7 Å². The predicted octanol–water partition coefficient (Wildman–Crippen LogP) is 3.10. The number of halogens is 1. The molecule has 0 N–H and O–H groups in total. The van der Waals surface area contributed by atoms with Crippen LogP contribution >= 0.6 is 11.6 Å². The summed E-state index contributed by atoms with van der Waals surface area (Å²) in [6.45, 7) is 5.99. The fourth-order valence-corrected chi connectivity index (χ4v) is 7.20. The van der Waals surface area contributed by atoms with Gasteiger partial charge in [-0.3, -0.25) is 18.7 Å². The van der Waals surface area contributed by atoms with Crippen LogP contribution in [-0.2, 0) is 30.8 Å². The molecule has 238 valence electrons. The Morgan fingerprint density at radius 2 is 1.45 bits per heavy atom. The number of benzene rings is 2. The number of hydrogen-bond acceptors (Lipinski definition) is 6. The number of para-hydroxylation sites is 2. The molecule has 2 saturated heterocycles. The largest absolute Gasteiger partial charge is 0.366 e. The van der Waals surface area contributed by atoms with Gasteiger partial charge in [-0.25, -0.2) is 8.42 Å². The third-order valence-corrected chi connectivity index (χ3v) is 10.2. The van der Waals surface area contributed by atoms with Crippen molar-refractivity contribution < 1.29 is 22.8 Å². The summed E-state index contributed by atoms with van der Waals surface area (Å²) in [5, 5.41) is 0.610. The second-order valence-corrected chi connectivity index (χ2v) is 14.5. The van der Waals surface area contributed by atoms with Crippen molar-refractivity contribution in [3.05, 3.63) is 59.1 Å². The van der Waals surface area contributed by atoms with E-state index in [1.54, 1.807) is 21.9 Å². The molecule has 3 aliphatic rings. The molecule has 2 aromatic rings. The first kappa shape index (κ1) is 32.1. The average Bonchev–Trinajstić information content (AvgIpc) is 3.84. The molecule has 1 atom stereocenters. The molecule has 2 aromatic carbocycles. The molecule has 12 heteroatoms. The zero-order valence-electron chi connectivity index (χ0n) is 25.5. The number of carbonyl (C=O) groups excluding carboxylic acids is 3. The van der Waals surface area contributed by atoms with Crippen molar-refractivity contribution in [3.63, 3.8) is 0 Å². The van der Waals surface area contributed by atoms with E-state index in [1.807, 2.05) is 41.3 Å². The lowest BCUT2D eigenvalue weighted by Crippen LogP contribution is -2.53. The van der Waals surface area contributed by atoms with E-state index < -0.39 is 15.9 Å². The normalized spacial score (nSPS) is 18.2. The minimum atomic E-state index is -3.45. The van der Waals surface area contributed by atoms with Crippen LogP contribution in [0.5, 0.6) is 0 Å². The lowest BCUT2D eigenvalue weighted by atomic mass is 9.93. The van der Waals surface area contributed by atoms with Crippen molar-refractivity contribution in [1.82, 2.24) is 14.7 Å². The van der Waals surface area contributed by atoms with Crippen molar-refractivity contribution in [1.29, 1.82) is 0 Å². The van der Waals surface area contributed by atoms with Crippen molar-refractivity contribution >= 4 is 50.7 Å². The number of amides is 3. The molecule has 1 unspecified atom stereocenters. The van der Waals surface area contributed by atoms with E-state index in [4.69, 9.17) is 11.6 Å². The fraction of sp³-hybridized carbons (Fsp3) is 0.531. The second kappa shape index (κ2) is 13.8. The van der Waals surface area contributed by atoms with Gasteiger partial charge in [0.05, 0.1) is 23.5 Å². The summed E-state index contributed by atoms with van der Waals surface area (Å²) < 4.78 is 27.1. The highest BCUT2D eigenvalue weighted by molar-refractivity contribution is 7.92. The summed E-state index contributed by atoms with van der Waals surface area (Å²) in [5.41, 5.74) is 2.46. The Bertz CT molecular complexity index is 1450. The van der Waals surface area contributed by atoms with E-state index in [0.717, 1.165) is 24.1 Å². The summed E-state index contributed by atoms with van der Waals surface area (Å²) >= 11 is 6.09. The Hall–Kier alpha value is -3.31. The Labute approximate surface area is 265 Å². The smallest absolute Gasteiger partial charge is 0.232 e. The molecule has 3 amide bonds. The Morgan fingerprint density at radius 3 is 2.05 bits per heavy atom. The number of anilines is 2. The molecule has 5 rings (SSSR count). The molecule has 1 saturated carbocycles. The van der Waals surface area contributed by atoms with E-state index in [1.165, 1.54) is 17.5 Å². The number of rotatable bonds is 10. The number of piperazine rings is 2. The molecular weight excluding hydrogens is 602 g/mol. The van der Waals surface area contributed by atoms with Crippen LogP contribution in [0.3, 0.4) is 0 Å². The van der Waals surface area contributed by atoms with E-state index in [2.05, 4.69) is 4.90 Å². The third-order valence-electron chi connectivity index (χ3n) is 8.85. The Balaban J connectivity index is 1.27. The molecule has 10 nitrogen and oxygen atoms in total. The fourth-order valence-electron chi connectivity index (χ4n) is 6.08. The SMILES string of the molecule is CC(=O)N1CCN(C(=O)CC(Cc2ccc(Cl)cc2)C(=O)N2CCN(c3ccccc3N(CC3CC3)S(C)(=O)=O)CC2)CC1. The van der Waals surface area contributed by atoms with Crippen LogP contribution in [0.25, 0.3) is 0 Å². The molecule has 2 heterocycles. The van der Waals surface area contributed by atoms with Crippen LogP contribution < -0.4 is 9.21 Å². The van der Waals surface area contributed by atoms with Crippen LogP contribution in [0.1, 0.15) is 31.7 Å². The van der Waals surface area contributed by atoms with Crippen molar-refractivity contribution in [2.75, 3.05) is 74.4 Å². The third kappa shape index (κ3) is 8.04. The van der Waals surface area contributed by atoms with Gasteiger partial charge in [-0.15, -0.1) is 0 Å². The highest BCUT2D eigenvalue weighted by Gasteiger charge is 2.34. The van der Waals surface area contributed by atoms with E-state index in [0.29, 0.717) is 82.0 Å². The number of carbonyl (C=O) groups is 3. The predicted molar refractivity (Wildman–Crippen MR) is 172 cm³/mol. The maximum Gasteiger partial charge on any atom is 0.232 e. The first-order valence-electron chi connectivity index (χ1n) is 15.4. The van der Waals surface area contributed by atoms with Gasteiger partial charge in [-0.05, 0) is 55.0 Å². The summed E-state index contributed by atoms with van der Waals surface area (Å²) in [5.74, 6) is -0.278. The van der Waals surface area contributed by atoms with E-state index >= 15 is 0 Å². The summed E-state index contributed by atoms with van der Waals surface area (Å²) in [4.78, 5) is 46.6. The van der Waals surface area contributed by atoms with E-state index in [-0.39, 0.29) is 24.1 Å². The molecule has 44 heavy (non-hydrogen) atoms. The summed E-state index contributed by atoms with van der Waals surface area (Å²) in [7, 11) is -3.45. The Kier molecular flexibility index (Phi) is 10.0. The maximum absolute atomic E-state index is 14.0. The standard InChI is InChI=1S/C32H42ClN5O5S/c1-24(39)34-13-17-36(18-14-34)31(40)22-27(21-25-9-11-28(33)12-10-25)32(41)37-19-15-35(16-20-37)29-5-3-4-6-30(29)38(44(2,42)43)23-26-7-8-26/h3-6,9-12,26-27H,7-8,13-23H2,1-2H3. The molecule has 0 bridgehead atoms. The molecular formula is C32H42ClN5O5S. The average molecular weight is 644 g/mol. The monoisotopic (exact) mass is 643 g/mol. The highest BCUT2D eigenvalue weighted by Crippen LogP contribution is 2.37. The summed E-state index contributed by atoms with van der Waals surface area (Å²) in [6, 6.07) is 15.0. The molecule has 2 aliphatic heterocycles. The highest BCUT2D eigenvalue weighted by atomic mass is 35.5. The van der Waals surface area contributed by atoms with Gasteiger partial charge in [0, 0.05) is 77.3 Å². The van der Waals surface area contributed by atoms with Crippen molar-refractivity contribution in [3.8, 4) is 0 Å². The molecule has 3 fully saturated rings. The first-order chi connectivity index (χ1) is 21.0. The van der Waals surface area contributed by atoms with Gasteiger partial charge in [0.25, 0.3) is 0 Å². The van der Waals surface area contributed by atoms with Crippen LogP contribution in [0.2, 0.25) is 5.02 Å². The van der Waals surface area contributed by atoms with Crippen LogP contribution in [0.4, 0.5) is 11.4 Å². The van der Waals surface area contributed by atoms with E-state index in [9.17, 15) is 22.8 Å². The molecule has 0 spiro atoms. The van der Waals surface area contributed by atoms with Crippen LogP contribution in [0.15, 0.2) is 48.5 Å². The van der Waals surface area contributed by atoms with Gasteiger partial charge < -0.3 is 19.6 Å². The second-order valence-electron chi connectivity index (χ2n) is 12.2. The van der Waals surface area contributed by atoms with Gasteiger partial charge >= 0.3 is 0 Å². The minimum Gasteiger partial charge on any atom is -0.366 e. The number of nitrogens with zero attached hydrogens (tertiary/aromatic N) is 5. The first-order valence-corrected chi connectivity index (χ1v) is 17.6. The van der Waals surface area contributed by atoms with Crippen molar-refractivity contribution in [2.24, 2.45) is 11.8 Å². The molecule has 0 aromatic heterocycles. The van der Waals surface area contributed by atoms with Crippen LogP contribution in [0, 0.1) is 11.8 Å². The molecule has 1 aliphatic carbocycles. The number of hydrogen-bond donors (Lipinski definition) is 0.